The molecule has 0 saturated heterocycles. The standard InChI is InChI=1S/C13H13F2NO3/c14-9-2-1-3-10(15)11(9)16-12(17)7-4-5-8(6-7)13(18)19/h1-3,7-8H,4-6H2,(H,16,17)(H,18,19)/t7-,8+/m1/s1. The first kappa shape index (κ1) is 13.5. The molecule has 2 atom stereocenters. The van der Waals surface area contributed by atoms with Crippen LogP contribution in [0.15, 0.2) is 18.2 Å². The normalized spacial score (nSPS) is 22.2. The number of nitrogens with one attached hydrogen (secondary N) is 1. The molecule has 1 fully saturated rings. The van der Waals surface area contributed by atoms with E-state index in [0.29, 0.717) is 12.8 Å². The summed E-state index contributed by atoms with van der Waals surface area (Å²) in [4.78, 5) is 22.6. The van der Waals surface area contributed by atoms with Crippen LogP contribution in [0.2, 0.25) is 0 Å². The van der Waals surface area contributed by atoms with Crippen molar-refractivity contribution in [3.05, 3.63) is 29.8 Å². The highest BCUT2D eigenvalue weighted by molar-refractivity contribution is 5.93. The number of carbonyl (C=O) groups excluding carboxylic acids is 1. The zero-order chi connectivity index (χ0) is 14.0. The molecule has 0 aliphatic heterocycles. The van der Waals surface area contributed by atoms with Gasteiger partial charge in [0, 0.05) is 5.92 Å². The van der Waals surface area contributed by atoms with Gasteiger partial charge in [-0.05, 0) is 31.4 Å². The Hall–Kier alpha value is -1.98. The van der Waals surface area contributed by atoms with Crippen LogP contribution in [-0.2, 0) is 9.59 Å². The van der Waals surface area contributed by atoms with E-state index in [4.69, 9.17) is 5.11 Å². The van der Waals surface area contributed by atoms with Gasteiger partial charge in [0.1, 0.15) is 17.3 Å². The maximum Gasteiger partial charge on any atom is 0.306 e. The largest absolute Gasteiger partial charge is 0.481 e. The van der Waals surface area contributed by atoms with E-state index >= 15 is 0 Å². The van der Waals surface area contributed by atoms with Gasteiger partial charge < -0.3 is 10.4 Å². The Morgan fingerprint density at radius 2 is 1.74 bits per heavy atom. The molecule has 1 amide bonds. The number of para-hydroxylation sites is 1. The zero-order valence-electron chi connectivity index (χ0n) is 10.0. The van der Waals surface area contributed by atoms with Crippen LogP contribution in [0.1, 0.15) is 19.3 Å². The van der Waals surface area contributed by atoms with E-state index in [2.05, 4.69) is 5.32 Å². The number of halogens is 2. The van der Waals surface area contributed by atoms with Gasteiger partial charge in [-0.2, -0.15) is 0 Å². The Bertz CT molecular complexity index is 498. The highest BCUT2D eigenvalue weighted by Crippen LogP contribution is 2.32. The van der Waals surface area contributed by atoms with Gasteiger partial charge >= 0.3 is 5.97 Å². The summed E-state index contributed by atoms with van der Waals surface area (Å²) in [6, 6.07) is 3.30. The quantitative estimate of drug-likeness (QED) is 0.885. The zero-order valence-corrected chi connectivity index (χ0v) is 10.0. The van der Waals surface area contributed by atoms with Crippen LogP contribution in [0, 0.1) is 23.5 Å². The number of rotatable bonds is 3. The van der Waals surface area contributed by atoms with Crippen LogP contribution in [0.4, 0.5) is 14.5 Å². The van der Waals surface area contributed by atoms with Crippen LogP contribution in [0.5, 0.6) is 0 Å². The van der Waals surface area contributed by atoms with Crippen LogP contribution < -0.4 is 5.32 Å². The van der Waals surface area contributed by atoms with Gasteiger partial charge in [0.2, 0.25) is 5.91 Å². The number of carboxylic acids is 1. The molecule has 0 unspecified atom stereocenters. The Balaban J connectivity index is 2.04. The van der Waals surface area contributed by atoms with Gasteiger partial charge in [-0.15, -0.1) is 0 Å². The number of amides is 1. The van der Waals surface area contributed by atoms with Crippen molar-refractivity contribution in [2.75, 3.05) is 5.32 Å². The second-order valence-electron chi connectivity index (χ2n) is 4.63. The molecule has 1 aromatic carbocycles. The lowest BCUT2D eigenvalue weighted by Crippen LogP contribution is -2.22. The van der Waals surface area contributed by atoms with E-state index in [1.165, 1.54) is 6.07 Å². The summed E-state index contributed by atoms with van der Waals surface area (Å²) in [5, 5.41) is 11.0. The molecule has 19 heavy (non-hydrogen) atoms. The lowest BCUT2D eigenvalue weighted by Gasteiger charge is -2.12. The summed E-state index contributed by atoms with van der Waals surface area (Å²) in [5.74, 6) is -4.23. The summed E-state index contributed by atoms with van der Waals surface area (Å²) in [7, 11) is 0. The highest BCUT2D eigenvalue weighted by atomic mass is 19.1. The third-order valence-corrected chi connectivity index (χ3v) is 3.36. The van der Waals surface area contributed by atoms with Crippen LogP contribution in [0.25, 0.3) is 0 Å². The Morgan fingerprint density at radius 3 is 2.26 bits per heavy atom. The van der Waals surface area contributed by atoms with Crippen molar-refractivity contribution < 1.29 is 23.5 Å². The molecule has 1 aliphatic carbocycles. The van der Waals surface area contributed by atoms with Crippen molar-refractivity contribution in [1.82, 2.24) is 0 Å². The number of hydrogen-bond donors (Lipinski definition) is 2. The molecular formula is C13H13F2NO3. The predicted molar refractivity (Wildman–Crippen MR) is 63.5 cm³/mol. The van der Waals surface area contributed by atoms with Gasteiger partial charge in [-0.1, -0.05) is 6.07 Å². The van der Waals surface area contributed by atoms with Gasteiger partial charge in [0.15, 0.2) is 0 Å². The smallest absolute Gasteiger partial charge is 0.306 e. The molecule has 0 aromatic heterocycles. The minimum atomic E-state index is -0.938. The van der Waals surface area contributed by atoms with Crippen molar-refractivity contribution in [1.29, 1.82) is 0 Å². The third-order valence-electron chi connectivity index (χ3n) is 3.36. The van der Waals surface area contributed by atoms with E-state index in [9.17, 15) is 18.4 Å². The fraction of sp³-hybridized carbons (Fsp3) is 0.385. The average Bonchev–Trinajstić information content (AvgIpc) is 2.83. The maximum absolute atomic E-state index is 13.4. The molecule has 0 heterocycles. The molecular weight excluding hydrogens is 256 g/mol. The van der Waals surface area contributed by atoms with Gasteiger partial charge in [-0.3, -0.25) is 9.59 Å². The van der Waals surface area contributed by atoms with Crippen LogP contribution in [-0.4, -0.2) is 17.0 Å². The summed E-state index contributed by atoms with van der Waals surface area (Å²) in [5.41, 5.74) is -0.480. The van der Waals surface area contributed by atoms with E-state index in [-0.39, 0.29) is 6.42 Å². The van der Waals surface area contributed by atoms with Crippen molar-refractivity contribution in [2.24, 2.45) is 11.8 Å². The topological polar surface area (TPSA) is 66.4 Å². The van der Waals surface area contributed by atoms with Gasteiger partial charge in [-0.25, -0.2) is 8.78 Å². The molecule has 0 bridgehead atoms. The number of anilines is 1. The predicted octanol–water partition coefficient (Wildman–Crippen LogP) is 2.40. The van der Waals surface area contributed by atoms with E-state index < -0.39 is 41.0 Å². The van der Waals surface area contributed by atoms with Crippen molar-refractivity contribution in [2.45, 2.75) is 19.3 Å². The van der Waals surface area contributed by atoms with E-state index in [0.717, 1.165) is 12.1 Å². The molecule has 6 heteroatoms. The molecule has 0 radical (unpaired) electrons. The van der Waals surface area contributed by atoms with Crippen molar-refractivity contribution in [3.63, 3.8) is 0 Å². The maximum atomic E-state index is 13.4. The van der Waals surface area contributed by atoms with Crippen LogP contribution in [0.3, 0.4) is 0 Å². The number of aliphatic carboxylic acids is 1. The second kappa shape index (κ2) is 5.34. The lowest BCUT2D eigenvalue weighted by molar-refractivity contribution is -0.141. The highest BCUT2D eigenvalue weighted by Gasteiger charge is 2.34. The van der Waals surface area contributed by atoms with Gasteiger partial charge in [0.05, 0.1) is 5.92 Å². The lowest BCUT2D eigenvalue weighted by atomic mass is 10.0. The summed E-state index contributed by atoms with van der Waals surface area (Å²) >= 11 is 0. The fourth-order valence-corrected chi connectivity index (χ4v) is 2.29. The second-order valence-corrected chi connectivity index (χ2v) is 4.63. The molecule has 4 nitrogen and oxygen atoms in total. The minimum absolute atomic E-state index is 0.206. The third kappa shape index (κ3) is 2.89. The molecule has 1 saturated carbocycles. The van der Waals surface area contributed by atoms with Crippen molar-refractivity contribution >= 4 is 17.6 Å². The van der Waals surface area contributed by atoms with Crippen molar-refractivity contribution in [3.8, 4) is 0 Å². The van der Waals surface area contributed by atoms with E-state index in [1.807, 2.05) is 0 Å². The monoisotopic (exact) mass is 269 g/mol. The Kier molecular flexibility index (Phi) is 3.78. The Labute approximate surface area is 108 Å². The SMILES string of the molecule is O=C(O)[C@H]1CC[C@@H](C(=O)Nc2c(F)cccc2F)C1. The molecule has 2 N–H and O–H groups in total. The average molecular weight is 269 g/mol. The number of hydrogen-bond acceptors (Lipinski definition) is 2. The molecule has 1 aliphatic rings. The minimum Gasteiger partial charge on any atom is -0.481 e. The molecule has 102 valence electrons. The summed E-state index contributed by atoms with van der Waals surface area (Å²) < 4.78 is 26.7. The fourth-order valence-electron chi connectivity index (χ4n) is 2.29. The molecule has 0 spiro atoms. The first-order valence-corrected chi connectivity index (χ1v) is 5.96. The number of carbonyl (C=O) groups is 2. The molecule has 2 rings (SSSR count). The summed E-state index contributed by atoms with van der Waals surface area (Å²) in [6.45, 7) is 0. The first-order chi connectivity index (χ1) is 8.99. The number of benzene rings is 1. The molecule has 1 aromatic rings. The summed E-state index contributed by atoms with van der Waals surface area (Å²) in [6.07, 6.45) is 1.03. The Morgan fingerprint density at radius 1 is 1.16 bits per heavy atom. The van der Waals surface area contributed by atoms with Crippen LogP contribution >= 0.6 is 0 Å². The van der Waals surface area contributed by atoms with Gasteiger partial charge in [0.25, 0.3) is 0 Å². The van der Waals surface area contributed by atoms with E-state index in [1.54, 1.807) is 0 Å². The number of carboxylic acid groups (broad SMARTS) is 1. The first-order valence-electron chi connectivity index (χ1n) is 5.96.